The van der Waals surface area contributed by atoms with Gasteiger partial charge in [-0.2, -0.15) is 0 Å². The van der Waals surface area contributed by atoms with E-state index in [2.05, 4.69) is 0 Å². The maximum Gasteiger partial charge on any atom is 0.343 e. The van der Waals surface area contributed by atoms with Gasteiger partial charge < -0.3 is 18.9 Å². The van der Waals surface area contributed by atoms with Crippen LogP contribution < -0.4 is 14.2 Å². The highest BCUT2D eigenvalue weighted by atomic mass is 16.6. The van der Waals surface area contributed by atoms with Gasteiger partial charge in [-0.1, -0.05) is 0 Å². The van der Waals surface area contributed by atoms with E-state index in [0.717, 1.165) is 0 Å². The van der Waals surface area contributed by atoms with E-state index in [1.807, 2.05) is 11.9 Å². The summed E-state index contributed by atoms with van der Waals surface area (Å²) >= 11 is 0. The van der Waals surface area contributed by atoms with Crippen molar-refractivity contribution in [3.8, 4) is 17.2 Å². The molecule has 0 aromatic heterocycles. The van der Waals surface area contributed by atoms with E-state index in [1.54, 1.807) is 6.07 Å². The zero-order valence-corrected chi connectivity index (χ0v) is 20.7. The Balaban J connectivity index is 2.15. The lowest BCUT2D eigenvalue weighted by molar-refractivity contribution is -0.384. The molecule has 36 heavy (non-hydrogen) atoms. The summed E-state index contributed by atoms with van der Waals surface area (Å²) < 4.78 is 22.2. The van der Waals surface area contributed by atoms with Crippen molar-refractivity contribution in [2.45, 2.75) is 32.2 Å². The van der Waals surface area contributed by atoms with Crippen molar-refractivity contribution < 1.29 is 38.3 Å². The van der Waals surface area contributed by atoms with Crippen LogP contribution in [0.25, 0.3) is 0 Å². The fourth-order valence-corrected chi connectivity index (χ4v) is 4.41. The van der Waals surface area contributed by atoms with Gasteiger partial charge >= 0.3 is 11.9 Å². The minimum absolute atomic E-state index is 0.0184. The fraction of sp³-hybridized carbons (Fsp3) is 0.400. The third-order valence-electron chi connectivity index (χ3n) is 6.20. The summed E-state index contributed by atoms with van der Waals surface area (Å²) in [5.74, 6) is -1.46. The molecule has 1 aliphatic heterocycles. The van der Waals surface area contributed by atoms with Gasteiger partial charge in [0.2, 0.25) is 0 Å². The Morgan fingerprint density at radius 3 is 2.25 bits per heavy atom. The van der Waals surface area contributed by atoms with Crippen molar-refractivity contribution in [2.24, 2.45) is 0 Å². The maximum atomic E-state index is 13.1. The van der Waals surface area contributed by atoms with Crippen LogP contribution in [-0.4, -0.2) is 68.0 Å². The number of nitro benzene ring substituents is 1. The molecule has 0 radical (unpaired) electrons. The predicted molar refractivity (Wildman–Crippen MR) is 128 cm³/mol. The predicted octanol–water partition coefficient (Wildman–Crippen LogP) is 3.38. The monoisotopic (exact) mass is 500 g/mol. The number of likely N-dealkylation sites (tertiary alicyclic amines) is 1. The summed E-state index contributed by atoms with van der Waals surface area (Å²) in [6, 6.07) is 6.23. The molecule has 11 nitrogen and oxygen atoms in total. The van der Waals surface area contributed by atoms with E-state index in [0.29, 0.717) is 24.3 Å². The second kappa shape index (κ2) is 11.2. The lowest BCUT2D eigenvalue weighted by Crippen LogP contribution is -2.34. The Morgan fingerprint density at radius 2 is 1.72 bits per heavy atom. The molecule has 2 atom stereocenters. The molecule has 0 amide bonds. The number of hydrogen-bond donors (Lipinski definition) is 0. The van der Waals surface area contributed by atoms with E-state index < -0.39 is 22.6 Å². The molecule has 2 aromatic rings. The molecule has 1 fully saturated rings. The largest absolute Gasteiger partial charge is 0.496 e. The van der Waals surface area contributed by atoms with E-state index >= 15 is 0 Å². The number of ketones is 1. The summed E-state index contributed by atoms with van der Waals surface area (Å²) in [5, 5.41) is 11.0. The Labute approximate surface area is 208 Å². The SMILES string of the molecule is COc1cc(OC)c([C@H]2CCN(C)[C@@H]2COC(C)=O)c(OC(=O)c2ccc([N+](=O)[O-])cc2)c1C(C)=O. The lowest BCUT2D eigenvalue weighted by atomic mass is 9.87. The normalized spacial score (nSPS) is 17.4. The summed E-state index contributed by atoms with van der Waals surface area (Å²) in [6.07, 6.45) is 0.616. The number of non-ortho nitro benzene ring substituents is 1. The molecule has 0 aliphatic carbocycles. The second-order valence-corrected chi connectivity index (χ2v) is 8.39. The molecule has 0 unspecified atom stereocenters. The first-order chi connectivity index (χ1) is 17.1. The van der Waals surface area contributed by atoms with Crippen molar-refractivity contribution in [1.29, 1.82) is 0 Å². The van der Waals surface area contributed by atoms with Crippen LogP contribution in [0.4, 0.5) is 5.69 Å². The number of benzene rings is 2. The van der Waals surface area contributed by atoms with Crippen molar-refractivity contribution in [3.05, 3.63) is 57.1 Å². The lowest BCUT2D eigenvalue weighted by Gasteiger charge is -2.28. The van der Waals surface area contributed by atoms with Gasteiger partial charge in [0.15, 0.2) is 11.5 Å². The number of rotatable bonds is 9. The van der Waals surface area contributed by atoms with Gasteiger partial charge in [0.05, 0.1) is 30.7 Å². The van der Waals surface area contributed by atoms with Gasteiger partial charge in [-0.3, -0.25) is 24.6 Å². The minimum atomic E-state index is -0.813. The van der Waals surface area contributed by atoms with Crippen LogP contribution in [0.5, 0.6) is 17.2 Å². The van der Waals surface area contributed by atoms with Crippen LogP contribution in [0, 0.1) is 10.1 Å². The van der Waals surface area contributed by atoms with E-state index in [4.69, 9.17) is 18.9 Å². The molecule has 192 valence electrons. The number of likely N-dealkylation sites (N-methyl/N-ethyl adjacent to an activating group) is 1. The smallest absolute Gasteiger partial charge is 0.343 e. The molecule has 1 heterocycles. The molecule has 0 saturated carbocycles. The highest BCUT2D eigenvalue weighted by Crippen LogP contribution is 2.48. The number of nitro groups is 1. The first-order valence-electron chi connectivity index (χ1n) is 11.2. The number of ether oxygens (including phenoxy) is 4. The number of Topliss-reactive ketones (excluding diaryl/α,β-unsaturated/α-hetero) is 1. The minimum Gasteiger partial charge on any atom is -0.496 e. The number of esters is 2. The highest BCUT2D eigenvalue weighted by Gasteiger charge is 2.40. The number of nitrogens with zero attached hydrogens (tertiary/aromatic N) is 2. The van der Waals surface area contributed by atoms with Crippen LogP contribution in [0.15, 0.2) is 30.3 Å². The Hall–Kier alpha value is -3.99. The number of hydrogen-bond acceptors (Lipinski definition) is 10. The number of methoxy groups -OCH3 is 2. The Morgan fingerprint density at radius 1 is 1.08 bits per heavy atom. The molecular formula is C25H28N2O9. The zero-order chi connectivity index (χ0) is 26.6. The maximum absolute atomic E-state index is 13.1. The first-order valence-corrected chi connectivity index (χ1v) is 11.2. The van der Waals surface area contributed by atoms with Gasteiger partial charge in [-0.05, 0) is 39.1 Å². The Bertz CT molecular complexity index is 1180. The van der Waals surface area contributed by atoms with Gasteiger partial charge in [-0.15, -0.1) is 0 Å². The topological polar surface area (TPSA) is 135 Å². The fourth-order valence-electron chi connectivity index (χ4n) is 4.41. The molecule has 2 aromatic carbocycles. The molecule has 3 rings (SSSR count). The van der Waals surface area contributed by atoms with Crippen molar-refractivity contribution in [2.75, 3.05) is 34.4 Å². The molecule has 1 aliphatic rings. The van der Waals surface area contributed by atoms with Gasteiger partial charge in [0, 0.05) is 36.6 Å². The molecular weight excluding hydrogens is 472 g/mol. The van der Waals surface area contributed by atoms with Crippen LogP contribution in [0.2, 0.25) is 0 Å². The molecule has 0 spiro atoms. The average molecular weight is 501 g/mol. The van der Waals surface area contributed by atoms with Crippen molar-refractivity contribution >= 4 is 23.4 Å². The highest BCUT2D eigenvalue weighted by molar-refractivity contribution is 6.02. The summed E-state index contributed by atoms with van der Waals surface area (Å²) in [6.45, 7) is 3.41. The number of carbonyl (C=O) groups excluding carboxylic acids is 3. The zero-order valence-electron chi connectivity index (χ0n) is 20.7. The molecule has 0 N–H and O–H groups in total. The van der Waals surface area contributed by atoms with Crippen LogP contribution in [0.1, 0.15) is 52.5 Å². The van der Waals surface area contributed by atoms with Crippen LogP contribution >= 0.6 is 0 Å². The molecule has 1 saturated heterocycles. The van der Waals surface area contributed by atoms with E-state index in [9.17, 15) is 24.5 Å². The van der Waals surface area contributed by atoms with Crippen LogP contribution in [-0.2, 0) is 9.53 Å². The first kappa shape index (κ1) is 26.6. The quantitative estimate of drug-likeness (QED) is 0.166. The summed E-state index contributed by atoms with van der Waals surface area (Å²) in [4.78, 5) is 49.8. The molecule has 11 heteroatoms. The van der Waals surface area contributed by atoms with Gasteiger partial charge in [0.25, 0.3) is 5.69 Å². The Kier molecular flexibility index (Phi) is 8.25. The summed E-state index contributed by atoms with van der Waals surface area (Å²) in [5.41, 5.74) is 0.412. The number of carbonyl (C=O) groups is 3. The van der Waals surface area contributed by atoms with Gasteiger partial charge in [-0.25, -0.2) is 4.79 Å². The van der Waals surface area contributed by atoms with E-state index in [-0.39, 0.29) is 46.9 Å². The second-order valence-electron chi connectivity index (χ2n) is 8.39. The standard InChI is InChI=1S/C25H28N2O9/c1-14(28)22-20(33-4)12-21(34-5)23(18-10-11-26(3)19(18)13-35-15(2)29)24(22)36-25(30)16-6-8-17(9-7-16)27(31)32/h6-9,12,18-19H,10-11,13H2,1-5H3/t18-,19+/m0/s1. The average Bonchev–Trinajstić information content (AvgIpc) is 3.21. The van der Waals surface area contributed by atoms with E-state index in [1.165, 1.54) is 52.3 Å². The van der Waals surface area contributed by atoms with Crippen LogP contribution in [0.3, 0.4) is 0 Å². The third-order valence-corrected chi connectivity index (χ3v) is 6.20. The third kappa shape index (κ3) is 5.46. The molecule has 0 bridgehead atoms. The van der Waals surface area contributed by atoms with Gasteiger partial charge in [0.1, 0.15) is 23.7 Å². The van der Waals surface area contributed by atoms with Crippen molar-refractivity contribution in [3.63, 3.8) is 0 Å². The summed E-state index contributed by atoms with van der Waals surface area (Å²) in [7, 11) is 4.72. The van der Waals surface area contributed by atoms with Crippen molar-refractivity contribution in [1.82, 2.24) is 4.90 Å².